The molecule has 20 heavy (non-hydrogen) atoms. The van der Waals surface area contributed by atoms with Crippen molar-refractivity contribution in [3.05, 3.63) is 58.6 Å². The summed E-state index contributed by atoms with van der Waals surface area (Å²) in [7, 11) is -2.12. The molecule has 106 valence electrons. The third-order valence-electron chi connectivity index (χ3n) is 3.18. The molecule has 0 bridgehead atoms. The molecular weight excluding hydrogens is 294 g/mol. The number of aryl methyl sites for hydroxylation is 2. The van der Waals surface area contributed by atoms with Gasteiger partial charge in [-0.3, -0.25) is 4.31 Å². The number of hydrogen-bond donors (Lipinski definition) is 0. The van der Waals surface area contributed by atoms with Crippen molar-refractivity contribution in [3.8, 4) is 0 Å². The van der Waals surface area contributed by atoms with Gasteiger partial charge in [-0.1, -0.05) is 35.9 Å². The van der Waals surface area contributed by atoms with Crippen molar-refractivity contribution in [2.75, 3.05) is 11.4 Å². The van der Waals surface area contributed by atoms with Gasteiger partial charge in [-0.05, 0) is 43.2 Å². The zero-order valence-corrected chi connectivity index (χ0v) is 13.2. The Bertz CT molecular complexity index is 741. The summed E-state index contributed by atoms with van der Waals surface area (Å²) in [4.78, 5) is 0.116. The van der Waals surface area contributed by atoms with Gasteiger partial charge in [-0.15, -0.1) is 0 Å². The zero-order chi connectivity index (χ0) is 14.9. The minimum Gasteiger partial charge on any atom is -0.269 e. The Morgan fingerprint density at radius 1 is 1.05 bits per heavy atom. The second-order valence-electron chi connectivity index (χ2n) is 4.69. The highest BCUT2D eigenvalue weighted by Gasteiger charge is 2.24. The van der Waals surface area contributed by atoms with Crippen molar-refractivity contribution in [1.29, 1.82) is 0 Å². The van der Waals surface area contributed by atoms with Crippen molar-refractivity contribution in [2.45, 2.75) is 18.7 Å². The molecular formula is C15H16ClNO2S. The summed E-state index contributed by atoms with van der Waals surface area (Å²) in [5, 5.41) is 0.227. The van der Waals surface area contributed by atoms with E-state index in [1.54, 1.807) is 25.2 Å². The minimum atomic E-state index is -3.66. The number of halogens is 1. The largest absolute Gasteiger partial charge is 0.269 e. The lowest BCUT2D eigenvalue weighted by Gasteiger charge is -2.22. The first-order chi connectivity index (χ1) is 9.34. The van der Waals surface area contributed by atoms with Crippen LogP contribution in [0.4, 0.5) is 5.69 Å². The van der Waals surface area contributed by atoms with Crippen LogP contribution in [0.5, 0.6) is 0 Å². The first kappa shape index (κ1) is 14.9. The lowest BCUT2D eigenvalue weighted by Crippen LogP contribution is -2.27. The van der Waals surface area contributed by atoms with Gasteiger partial charge in [0.2, 0.25) is 0 Å². The van der Waals surface area contributed by atoms with Crippen LogP contribution in [-0.4, -0.2) is 15.5 Å². The van der Waals surface area contributed by atoms with Crippen LogP contribution in [0, 0.1) is 13.8 Å². The number of rotatable bonds is 3. The van der Waals surface area contributed by atoms with Crippen molar-refractivity contribution in [3.63, 3.8) is 0 Å². The maximum atomic E-state index is 12.7. The third-order valence-corrected chi connectivity index (χ3v) is 5.45. The molecule has 0 unspecified atom stereocenters. The van der Waals surface area contributed by atoms with Gasteiger partial charge in [0.25, 0.3) is 10.0 Å². The molecule has 0 saturated carbocycles. The standard InChI is InChI=1S/C15H16ClNO2S/c1-11-8-9-12(2)14(10-11)17(3)20(18,19)15-7-5-4-6-13(15)16/h4-10H,1-3H3. The fraction of sp³-hybridized carbons (Fsp3) is 0.200. The van der Waals surface area contributed by atoms with Gasteiger partial charge in [0.05, 0.1) is 10.7 Å². The topological polar surface area (TPSA) is 37.4 Å². The molecule has 0 aromatic heterocycles. The van der Waals surface area contributed by atoms with Crippen molar-refractivity contribution < 1.29 is 8.42 Å². The Kier molecular flexibility index (Phi) is 4.06. The first-order valence-corrected chi connectivity index (χ1v) is 7.96. The van der Waals surface area contributed by atoms with Gasteiger partial charge < -0.3 is 0 Å². The summed E-state index contributed by atoms with van der Waals surface area (Å²) < 4.78 is 26.6. The smallest absolute Gasteiger partial charge is 0.265 e. The normalized spacial score (nSPS) is 11.4. The van der Waals surface area contributed by atoms with Gasteiger partial charge in [0.1, 0.15) is 4.90 Å². The molecule has 0 N–H and O–H groups in total. The molecule has 0 aliphatic heterocycles. The van der Waals surface area contributed by atoms with Crippen LogP contribution < -0.4 is 4.31 Å². The van der Waals surface area contributed by atoms with E-state index in [-0.39, 0.29) is 9.92 Å². The molecule has 0 heterocycles. The Morgan fingerprint density at radius 3 is 2.35 bits per heavy atom. The fourth-order valence-electron chi connectivity index (χ4n) is 1.99. The van der Waals surface area contributed by atoms with Crippen molar-refractivity contribution in [1.82, 2.24) is 0 Å². The maximum absolute atomic E-state index is 12.7. The number of hydrogen-bond acceptors (Lipinski definition) is 2. The van der Waals surface area contributed by atoms with Crippen molar-refractivity contribution in [2.24, 2.45) is 0 Å². The highest BCUT2D eigenvalue weighted by atomic mass is 35.5. The predicted molar refractivity (Wildman–Crippen MR) is 83.0 cm³/mol. The van der Waals surface area contributed by atoms with Gasteiger partial charge in [0.15, 0.2) is 0 Å². The minimum absolute atomic E-state index is 0.116. The van der Waals surface area contributed by atoms with Crippen molar-refractivity contribution >= 4 is 27.3 Å². The fourth-order valence-corrected chi connectivity index (χ4v) is 3.73. The van der Waals surface area contributed by atoms with Gasteiger partial charge in [0, 0.05) is 7.05 Å². The molecule has 5 heteroatoms. The first-order valence-electron chi connectivity index (χ1n) is 6.15. The Labute approximate surface area is 124 Å². The lowest BCUT2D eigenvalue weighted by molar-refractivity contribution is 0.594. The highest BCUT2D eigenvalue weighted by molar-refractivity contribution is 7.93. The summed E-state index contributed by atoms with van der Waals surface area (Å²) in [5.74, 6) is 0. The van der Waals surface area contributed by atoms with Crippen LogP contribution in [0.25, 0.3) is 0 Å². The van der Waals surface area contributed by atoms with Crippen LogP contribution >= 0.6 is 11.6 Å². The van der Waals surface area contributed by atoms with E-state index >= 15 is 0 Å². The summed E-state index contributed by atoms with van der Waals surface area (Å²) in [6.45, 7) is 3.81. The molecule has 2 aromatic rings. The monoisotopic (exact) mass is 309 g/mol. The molecule has 0 spiro atoms. The van der Waals surface area contributed by atoms with E-state index in [1.807, 2.05) is 32.0 Å². The van der Waals surface area contributed by atoms with Crippen LogP contribution in [0.3, 0.4) is 0 Å². The summed E-state index contributed by atoms with van der Waals surface area (Å²) >= 11 is 6.01. The molecule has 2 aromatic carbocycles. The second kappa shape index (κ2) is 5.46. The van der Waals surface area contributed by atoms with Gasteiger partial charge >= 0.3 is 0 Å². The number of anilines is 1. The summed E-state index contributed by atoms with van der Waals surface area (Å²) in [6.07, 6.45) is 0. The highest BCUT2D eigenvalue weighted by Crippen LogP contribution is 2.29. The summed E-state index contributed by atoms with van der Waals surface area (Å²) in [6, 6.07) is 12.2. The average Bonchev–Trinajstić information content (AvgIpc) is 2.41. The Hall–Kier alpha value is -1.52. The molecule has 0 radical (unpaired) electrons. The SMILES string of the molecule is Cc1ccc(C)c(N(C)S(=O)(=O)c2ccccc2Cl)c1. The van der Waals surface area contributed by atoms with Gasteiger partial charge in [-0.2, -0.15) is 0 Å². The van der Waals surface area contributed by atoms with E-state index in [9.17, 15) is 8.42 Å². The number of sulfonamides is 1. The van der Waals surface area contributed by atoms with Crippen LogP contribution in [0.2, 0.25) is 5.02 Å². The van der Waals surface area contributed by atoms with E-state index in [0.717, 1.165) is 11.1 Å². The molecule has 0 amide bonds. The maximum Gasteiger partial charge on any atom is 0.265 e. The van der Waals surface area contributed by atoms with E-state index in [1.165, 1.54) is 10.4 Å². The molecule has 0 aliphatic rings. The second-order valence-corrected chi connectivity index (χ2v) is 7.04. The quantitative estimate of drug-likeness (QED) is 0.865. The summed E-state index contributed by atoms with van der Waals surface area (Å²) in [5.41, 5.74) is 2.56. The number of benzene rings is 2. The van der Waals surface area contributed by atoms with Crippen LogP contribution in [0.15, 0.2) is 47.4 Å². The molecule has 2 rings (SSSR count). The van der Waals surface area contributed by atoms with E-state index in [0.29, 0.717) is 5.69 Å². The molecule has 0 atom stereocenters. The predicted octanol–water partition coefficient (Wildman–Crippen LogP) is 3.78. The molecule has 3 nitrogen and oxygen atoms in total. The zero-order valence-electron chi connectivity index (χ0n) is 11.6. The van der Waals surface area contributed by atoms with Crippen LogP contribution in [-0.2, 0) is 10.0 Å². The van der Waals surface area contributed by atoms with E-state index in [2.05, 4.69) is 0 Å². The number of nitrogens with zero attached hydrogens (tertiary/aromatic N) is 1. The average molecular weight is 310 g/mol. The Morgan fingerprint density at radius 2 is 1.70 bits per heavy atom. The third kappa shape index (κ3) is 2.67. The Balaban J connectivity index is 2.55. The van der Waals surface area contributed by atoms with E-state index in [4.69, 9.17) is 11.6 Å². The lowest BCUT2D eigenvalue weighted by atomic mass is 10.1. The molecule has 0 fully saturated rings. The van der Waals surface area contributed by atoms with Gasteiger partial charge in [-0.25, -0.2) is 8.42 Å². The molecule has 0 saturated heterocycles. The molecule has 0 aliphatic carbocycles. The van der Waals surface area contributed by atoms with Crippen LogP contribution in [0.1, 0.15) is 11.1 Å². The van der Waals surface area contributed by atoms with E-state index < -0.39 is 10.0 Å².